The van der Waals surface area contributed by atoms with Gasteiger partial charge in [0.2, 0.25) is 5.91 Å². The van der Waals surface area contributed by atoms with Crippen LogP contribution >= 0.6 is 0 Å². The number of carbonyl (C=O) groups excluding carboxylic acids is 2. The van der Waals surface area contributed by atoms with Gasteiger partial charge in [-0.05, 0) is 42.7 Å². The van der Waals surface area contributed by atoms with Crippen LogP contribution in [0.1, 0.15) is 26.3 Å². The van der Waals surface area contributed by atoms with Crippen molar-refractivity contribution in [3.63, 3.8) is 0 Å². The first-order valence-corrected chi connectivity index (χ1v) is 9.78. The molecule has 0 aliphatic heterocycles. The normalized spacial score (nSPS) is 11.6. The van der Waals surface area contributed by atoms with E-state index in [1.165, 1.54) is 0 Å². The average Bonchev–Trinajstić information content (AvgIpc) is 2.74. The van der Waals surface area contributed by atoms with Gasteiger partial charge in [0.25, 0.3) is 5.91 Å². The highest BCUT2D eigenvalue weighted by molar-refractivity contribution is 5.87. The van der Waals surface area contributed by atoms with E-state index in [1.54, 1.807) is 43.2 Å². The smallest absolute Gasteiger partial charge is 0.261 e. The minimum Gasteiger partial charge on any atom is -0.497 e. The quantitative estimate of drug-likeness (QED) is 0.667. The Bertz CT molecular complexity index is 775. The molecule has 0 aliphatic rings. The van der Waals surface area contributed by atoms with E-state index >= 15 is 0 Å². The Morgan fingerprint density at radius 2 is 1.59 bits per heavy atom. The van der Waals surface area contributed by atoms with E-state index in [4.69, 9.17) is 9.47 Å². The summed E-state index contributed by atoms with van der Waals surface area (Å²) in [6, 6.07) is 16.0. The molecule has 2 aromatic rings. The molecule has 0 radical (unpaired) electrons. The molecular weight excluding hydrogens is 368 g/mol. The summed E-state index contributed by atoms with van der Waals surface area (Å²) >= 11 is 0. The summed E-state index contributed by atoms with van der Waals surface area (Å²) < 4.78 is 10.8. The highest BCUT2D eigenvalue weighted by Crippen LogP contribution is 2.17. The Balaban J connectivity index is 2.07. The number of nitrogens with one attached hydrogen (secondary N) is 1. The van der Waals surface area contributed by atoms with Crippen molar-refractivity contribution in [3.05, 3.63) is 60.2 Å². The second-order valence-corrected chi connectivity index (χ2v) is 7.29. The van der Waals surface area contributed by atoms with Gasteiger partial charge in [0.1, 0.15) is 17.5 Å². The highest BCUT2D eigenvalue weighted by Gasteiger charge is 2.26. The van der Waals surface area contributed by atoms with Crippen LogP contribution < -0.4 is 14.8 Å². The van der Waals surface area contributed by atoms with Gasteiger partial charge in [-0.3, -0.25) is 9.59 Å². The minimum absolute atomic E-state index is 0.152. The molecule has 2 amide bonds. The second-order valence-electron chi connectivity index (χ2n) is 7.29. The summed E-state index contributed by atoms with van der Waals surface area (Å²) in [6.45, 7) is 6.55. The zero-order valence-electron chi connectivity index (χ0n) is 17.6. The first-order chi connectivity index (χ1) is 13.9. The molecule has 2 aromatic carbocycles. The number of carbonyl (C=O) groups is 2. The second kappa shape index (κ2) is 11.1. The summed E-state index contributed by atoms with van der Waals surface area (Å²) in [5, 5.41) is 2.90. The molecule has 0 aliphatic carbocycles. The fourth-order valence-electron chi connectivity index (χ4n) is 2.72. The summed E-state index contributed by atoms with van der Waals surface area (Å²) in [5.41, 5.74) is 0.953. The van der Waals surface area contributed by atoms with Gasteiger partial charge in [0.15, 0.2) is 6.61 Å². The van der Waals surface area contributed by atoms with Crippen LogP contribution in [0.15, 0.2) is 54.6 Å². The molecule has 29 heavy (non-hydrogen) atoms. The lowest BCUT2D eigenvalue weighted by atomic mass is 10.1. The van der Waals surface area contributed by atoms with Crippen molar-refractivity contribution in [2.75, 3.05) is 20.3 Å². The third kappa shape index (κ3) is 7.14. The number of hydrogen-bond acceptors (Lipinski definition) is 4. The minimum atomic E-state index is -0.610. The zero-order valence-corrected chi connectivity index (χ0v) is 17.6. The van der Waals surface area contributed by atoms with Crippen molar-refractivity contribution in [3.8, 4) is 11.5 Å². The lowest BCUT2D eigenvalue weighted by Gasteiger charge is -2.29. The van der Waals surface area contributed by atoms with Crippen molar-refractivity contribution in [2.45, 2.75) is 33.4 Å². The monoisotopic (exact) mass is 398 g/mol. The third-order valence-electron chi connectivity index (χ3n) is 4.47. The predicted molar refractivity (Wildman–Crippen MR) is 113 cm³/mol. The molecule has 0 fully saturated rings. The largest absolute Gasteiger partial charge is 0.497 e. The SMILES string of the molecule is COc1ccc(OCC(=O)N(Cc2ccccc2)[C@H](C)C(=O)NCC(C)C)cc1. The fourth-order valence-corrected chi connectivity index (χ4v) is 2.72. The maximum atomic E-state index is 12.9. The van der Waals surface area contributed by atoms with Crippen molar-refractivity contribution in [2.24, 2.45) is 5.92 Å². The van der Waals surface area contributed by atoms with Gasteiger partial charge in [0.05, 0.1) is 7.11 Å². The number of nitrogens with zero attached hydrogens (tertiary/aromatic N) is 1. The van der Waals surface area contributed by atoms with Crippen molar-refractivity contribution < 1.29 is 19.1 Å². The Hall–Kier alpha value is -3.02. The predicted octanol–water partition coefficient (Wildman–Crippen LogP) is 3.26. The van der Waals surface area contributed by atoms with Gasteiger partial charge >= 0.3 is 0 Å². The molecule has 156 valence electrons. The molecule has 6 heteroatoms. The van der Waals surface area contributed by atoms with Crippen LogP contribution in [0.3, 0.4) is 0 Å². The van der Waals surface area contributed by atoms with Crippen molar-refractivity contribution >= 4 is 11.8 Å². The third-order valence-corrected chi connectivity index (χ3v) is 4.47. The van der Waals surface area contributed by atoms with E-state index in [-0.39, 0.29) is 18.4 Å². The molecule has 0 spiro atoms. The van der Waals surface area contributed by atoms with Gasteiger partial charge in [-0.2, -0.15) is 0 Å². The molecule has 6 nitrogen and oxygen atoms in total. The Labute approximate surface area is 172 Å². The fraction of sp³-hybridized carbons (Fsp3) is 0.391. The van der Waals surface area contributed by atoms with Crippen LogP contribution in [0.25, 0.3) is 0 Å². The maximum absolute atomic E-state index is 12.9. The maximum Gasteiger partial charge on any atom is 0.261 e. The Morgan fingerprint density at radius 3 is 2.17 bits per heavy atom. The van der Waals surface area contributed by atoms with Crippen LogP contribution in [0.2, 0.25) is 0 Å². The van der Waals surface area contributed by atoms with Gasteiger partial charge in [-0.15, -0.1) is 0 Å². The molecule has 0 heterocycles. The van der Waals surface area contributed by atoms with E-state index in [2.05, 4.69) is 5.32 Å². The summed E-state index contributed by atoms with van der Waals surface area (Å²) in [4.78, 5) is 27.0. The summed E-state index contributed by atoms with van der Waals surface area (Å²) in [6.07, 6.45) is 0. The van der Waals surface area contributed by atoms with Crippen LogP contribution in [0.4, 0.5) is 0 Å². The van der Waals surface area contributed by atoms with Crippen LogP contribution in [-0.4, -0.2) is 43.0 Å². The molecule has 0 bridgehead atoms. The highest BCUT2D eigenvalue weighted by atomic mass is 16.5. The number of hydrogen-bond donors (Lipinski definition) is 1. The molecule has 0 unspecified atom stereocenters. The molecule has 0 aromatic heterocycles. The van der Waals surface area contributed by atoms with Crippen LogP contribution in [0.5, 0.6) is 11.5 Å². The molecule has 1 N–H and O–H groups in total. The average molecular weight is 399 g/mol. The zero-order chi connectivity index (χ0) is 21.2. The van der Waals surface area contributed by atoms with Gasteiger partial charge in [-0.25, -0.2) is 0 Å². The first-order valence-electron chi connectivity index (χ1n) is 9.78. The van der Waals surface area contributed by atoms with E-state index in [1.807, 2.05) is 44.2 Å². The number of methoxy groups -OCH3 is 1. The van der Waals surface area contributed by atoms with E-state index in [0.29, 0.717) is 30.5 Å². The molecule has 2 rings (SSSR count). The van der Waals surface area contributed by atoms with Crippen LogP contribution in [-0.2, 0) is 16.1 Å². The number of amides is 2. The Morgan fingerprint density at radius 1 is 0.966 bits per heavy atom. The van der Waals surface area contributed by atoms with E-state index in [0.717, 1.165) is 5.56 Å². The topological polar surface area (TPSA) is 67.9 Å². The molecule has 1 atom stereocenters. The van der Waals surface area contributed by atoms with Crippen molar-refractivity contribution in [1.82, 2.24) is 10.2 Å². The lowest BCUT2D eigenvalue weighted by Crippen LogP contribution is -2.49. The number of ether oxygens (including phenoxy) is 2. The van der Waals surface area contributed by atoms with Gasteiger partial charge < -0.3 is 19.7 Å². The van der Waals surface area contributed by atoms with E-state index in [9.17, 15) is 9.59 Å². The summed E-state index contributed by atoms with van der Waals surface area (Å²) in [5.74, 6) is 1.19. The van der Waals surface area contributed by atoms with Gasteiger partial charge in [0, 0.05) is 13.1 Å². The van der Waals surface area contributed by atoms with Gasteiger partial charge in [-0.1, -0.05) is 44.2 Å². The Kier molecular flexibility index (Phi) is 8.52. The molecule has 0 saturated heterocycles. The van der Waals surface area contributed by atoms with E-state index < -0.39 is 6.04 Å². The lowest BCUT2D eigenvalue weighted by molar-refractivity contribution is -0.142. The molecule has 0 saturated carbocycles. The van der Waals surface area contributed by atoms with Crippen molar-refractivity contribution in [1.29, 1.82) is 0 Å². The number of rotatable bonds is 10. The summed E-state index contributed by atoms with van der Waals surface area (Å²) in [7, 11) is 1.59. The first kappa shape index (κ1) is 22.3. The van der Waals surface area contributed by atoms with Crippen LogP contribution in [0, 0.1) is 5.92 Å². The number of benzene rings is 2. The molecular formula is C23H30N2O4. The standard InChI is InChI=1S/C23H30N2O4/c1-17(2)14-24-23(27)18(3)25(15-19-8-6-5-7-9-19)22(26)16-29-21-12-10-20(28-4)11-13-21/h5-13,17-18H,14-16H2,1-4H3,(H,24,27)/t18-/m1/s1.